The minimum atomic E-state index is 0.294. The van der Waals surface area contributed by atoms with Crippen LogP contribution in [0.5, 0.6) is 0 Å². The normalized spacial score (nSPS) is 16.6. The van der Waals surface area contributed by atoms with Gasteiger partial charge in [0.2, 0.25) is 5.95 Å². The van der Waals surface area contributed by atoms with Gasteiger partial charge in [-0.15, -0.1) is 0 Å². The van der Waals surface area contributed by atoms with E-state index in [9.17, 15) is 0 Å². The summed E-state index contributed by atoms with van der Waals surface area (Å²) in [5.41, 5.74) is 8.86. The number of rotatable bonds is 3. The maximum Gasteiger partial charge on any atom is 0.220 e. The number of nitrogens with zero attached hydrogens (tertiary/aromatic N) is 5. The van der Waals surface area contributed by atoms with E-state index in [-0.39, 0.29) is 0 Å². The second-order valence-corrected chi connectivity index (χ2v) is 7.25. The second kappa shape index (κ2) is 6.72. The predicted molar refractivity (Wildman–Crippen MR) is 103 cm³/mol. The van der Waals surface area contributed by atoms with Crippen LogP contribution in [0.4, 0.5) is 5.95 Å². The quantitative estimate of drug-likeness (QED) is 0.681. The SMILES string of the molecule is CCN1CCC(n2cc(-c3ccnc(N)n3)c3cc(Br)ncc32)CC1. The van der Waals surface area contributed by atoms with Crippen molar-refractivity contribution in [3.05, 3.63) is 35.3 Å². The van der Waals surface area contributed by atoms with Gasteiger partial charge >= 0.3 is 0 Å². The van der Waals surface area contributed by atoms with E-state index in [0.717, 1.165) is 59.2 Å². The van der Waals surface area contributed by atoms with Gasteiger partial charge in [-0.1, -0.05) is 6.92 Å². The lowest BCUT2D eigenvalue weighted by atomic mass is 10.0. The number of pyridine rings is 1. The van der Waals surface area contributed by atoms with E-state index < -0.39 is 0 Å². The van der Waals surface area contributed by atoms with Crippen LogP contribution in [0.15, 0.2) is 35.3 Å². The Balaban J connectivity index is 1.81. The van der Waals surface area contributed by atoms with Gasteiger partial charge in [0.1, 0.15) is 4.60 Å². The zero-order valence-electron chi connectivity index (χ0n) is 14.2. The van der Waals surface area contributed by atoms with E-state index in [4.69, 9.17) is 5.73 Å². The largest absolute Gasteiger partial charge is 0.368 e. The van der Waals surface area contributed by atoms with E-state index in [1.807, 2.05) is 12.3 Å². The molecule has 2 N–H and O–H groups in total. The maximum atomic E-state index is 5.79. The smallest absolute Gasteiger partial charge is 0.220 e. The van der Waals surface area contributed by atoms with Gasteiger partial charge in [0.05, 0.1) is 17.4 Å². The third-order valence-corrected chi connectivity index (χ3v) is 5.47. The average Bonchev–Trinajstić information content (AvgIpc) is 3.00. The molecule has 0 atom stereocenters. The van der Waals surface area contributed by atoms with Crippen LogP contribution < -0.4 is 5.73 Å². The molecule has 6 nitrogen and oxygen atoms in total. The zero-order chi connectivity index (χ0) is 17.4. The summed E-state index contributed by atoms with van der Waals surface area (Å²) in [5.74, 6) is 0.294. The Morgan fingerprint density at radius 1 is 1.28 bits per heavy atom. The van der Waals surface area contributed by atoms with Gasteiger partial charge in [-0.3, -0.25) is 0 Å². The molecular formula is C18H21BrN6. The van der Waals surface area contributed by atoms with Crippen molar-refractivity contribution in [2.75, 3.05) is 25.4 Å². The van der Waals surface area contributed by atoms with Crippen LogP contribution in [-0.2, 0) is 0 Å². The highest BCUT2D eigenvalue weighted by Crippen LogP contribution is 2.35. The standard InChI is InChI=1S/C18H21BrN6/c1-2-24-7-4-12(5-8-24)25-11-14(15-3-6-21-18(20)23-15)13-9-17(19)22-10-16(13)25/h3,6,9-12H,2,4-5,7-8H2,1H3,(H2,20,21,23). The van der Waals surface area contributed by atoms with Crippen molar-refractivity contribution >= 4 is 32.8 Å². The molecule has 1 aliphatic rings. The topological polar surface area (TPSA) is 72.9 Å². The van der Waals surface area contributed by atoms with Crippen LogP contribution >= 0.6 is 15.9 Å². The molecule has 7 heteroatoms. The first-order valence-corrected chi connectivity index (χ1v) is 9.42. The van der Waals surface area contributed by atoms with E-state index in [0.29, 0.717) is 12.0 Å². The zero-order valence-corrected chi connectivity index (χ0v) is 15.8. The molecule has 4 heterocycles. The van der Waals surface area contributed by atoms with Crippen LogP contribution in [0.2, 0.25) is 0 Å². The predicted octanol–water partition coefficient (Wildman–Crippen LogP) is 3.49. The summed E-state index contributed by atoms with van der Waals surface area (Å²) in [6.07, 6.45) is 8.15. The molecule has 25 heavy (non-hydrogen) atoms. The lowest BCUT2D eigenvalue weighted by Crippen LogP contribution is -2.34. The molecule has 0 aliphatic carbocycles. The van der Waals surface area contributed by atoms with Crippen LogP contribution in [-0.4, -0.2) is 44.1 Å². The maximum absolute atomic E-state index is 5.79. The number of likely N-dealkylation sites (tertiary alicyclic amines) is 1. The minimum Gasteiger partial charge on any atom is -0.368 e. The van der Waals surface area contributed by atoms with Crippen LogP contribution in [0.25, 0.3) is 22.2 Å². The molecule has 0 aromatic carbocycles. The number of nitrogen functional groups attached to an aromatic ring is 1. The Labute approximate surface area is 155 Å². The van der Waals surface area contributed by atoms with Crippen molar-refractivity contribution < 1.29 is 0 Å². The molecule has 0 unspecified atom stereocenters. The Morgan fingerprint density at radius 2 is 2.08 bits per heavy atom. The molecule has 4 rings (SSSR count). The summed E-state index contributed by atoms with van der Waals surface area (Å²) in [7, 11) is 0. The Kier molecular flexibility index (Phi) is 4.43. The number of hydrogen-bond acceptors (Lipinski definition) is 5. The monoisotopic (exact) mass is 400 g/mol. The molecule has 0 bridgehead atoms. The van der Waals surface area contributed by atoms with E-state index in [2.05, 4.69) is 59.5 Å². The molecule has 0 saturated carbocycles. The molecule has 0 spiro atoms. The van der Waals surface area contributed by atoms with Crippen LogP contribution in [0.1, 0.15) is 25.8 Å². The van der Waals surface area contributed by atoms with Gasteiger partial charge in [0.25, 0.3) is 0 Å². The van der Waals surface area contributed by atoms with Crippen molar-refractivity contribution in [2.45, 2.75) is 25.8 Å². The third kappa shape index (κ3) is 3.14. The molecular weight excluding hydrogens is 380 g/mol. The number of aromatic nitrogens is 4. The van der Waals surface area contributed by atoms with Crippen molar-refractivity contribution in [3.63, 3.8) is 0 Å². The Bertz CT molecular complexity index is 898. The van der Waals surface area contributed by atoms with Crippen LogP contribution in [0, 0.1) is 0 Å². The Hall–Kier alpha value is -1.99. The number of hydrogen-bond donors (Lipinski definition) is 1. The van der Waals surface area contributed by atoms with Gasteiger partial charge in [0.15, 0.2) is 0 Å². The summed E-state index contributed by atoms with van der Waals surface area (Å²) in [5, 5.41) is 1.14. The molecule has 3 aromatic rings. The van der Waals surface area contributed by atoms with Gasteiger partial charge < -0.3 is 15.2 Å². The number of halogens is 1. The van der Waals surface area contributed by atoms with Crippen molar-refractivity contribution in [3.8, 4) is 11.3 Å². The molecule has 1 aliphatic heterocycles. The van der Waals surface area contributed by atoms with Gasteiger partial charge in [0, 0.05) is 42.5 Å². The summed E-state index contributed by atoms with van der Waals surface area (Å²) in [6, 6.07) is 4.45. The highest BCUT2D eigenvalue weighted by Gasteiger charge is 2.23. The first kappa shape index (κ1) is 16.5. The fraction of sp³-hybridized carbons (Fsp3) is 0.389. The molecule has 3 aromatic heterocycles. The lowest BCUT2D eigenvalue weighted by molar-refractivity contribution is 0.197. The molecule has 0 amide bonds. The van der Waals surface area contributed by atoms with E-state index >= 15 is 0 Å². The number of nitrogens with two attached hydrogens (primary N) is 1. The van der Waals surface area contributed by atoms with E-state index in [1.165, 1.54) is 0 Å². The highest BCUT2D eigenvalue weighted by molar-refractivity contribution is 9.10. The van der Waals surface area contributed by atoms with Crippen molar-refractivity contribution in [1.82, 2.24) is 24.4 Å². The summed E-state index contributed by atoms with van der Waals surface area (Å²) in [4.78, 5) is 15.4. The summed E-state index contributed by atoms with van der Waals surface area (Å²) < 4.78 is 3.19. The fourth-order valence-corrected chi connectivity index (χ4v) is 4.00. The molecule has 1 fully saturated rings. The molecule has 130 valence electrons. The first-order chi connectivity index (χ1) is 12.2. The van der Waals surface area contributed by atoms with Crippen molar-refractivity contribution in [1.29, 1.82) is 0 Å². The average molecular weight is 401 g/mol. The molecule has 1 saturated heterocycles. The van der Waals surface area contributed by atoms with Gasteiger partial charge in [-0.05, 0) is 47.4 Å². The van der Waals surface area contributed by atoms with Crippen LogP contribution in [0.3, 0.4) is 0 Å². The number of anilines is 1. The highest BCUT2D eigenvalue weighted by atomic mass is 79.9. The Morgan fingerprint density at radius 3 is 2.80 bits per heavy atom. The lowest BCUT2D eigenvalue weighted by Gasteiger charge is -2.32. The first-order valence-electron chi connectivity index (χ1n) is 8.63. The second-order valence-electron chi connectivity index (χ2n) is 6.44. The van der Waals surface area contributed by atoms with Gasteiger partial charge in [-0.2, -0.15) is 0 Å². The summed E-state index contributed by atoms with van der Waals surface area (Å²) in [6.45, 7) is 5.63. The molecule has 0 radical (unpaired) electrons. The third-order valence-electron chi connectivity index (χ3n) is 5.03. The summed E-state index contributed by atoms with van der Waals surface area (Å²) >= 11 is 3.49. The van der Waals surface area contributed by atoms with Gasteiger partial charge in [-0.25, -0.2) is 15.0 Å². The van der Waals surface area contributed by atoms with Crippen molar-refractivity contribution in [2.24, 2.45) is 0 Å². The number of fused-ring (bicyclic) bond motifs is 1. The van der Waals surface area contributed by atoms with E-state index in [1.54, 1.807) is 6.20 Å². The number of piperidine rings is 1. The minimum absolute atomic E-state index is 0.294. The fourth-order valence-electron chi connectivity index (χ4n) is 3.67.